The van der Waals surface area contributed by atoms with Crippen LogP contribution in [0.25, 0.3) is 11.1 Å². The second kappa shape index (κ2) is 14.1. The third kappa shape index (κ3) is 6.17. The summed E-state index contributed by atoms with van der Waals surface area (Å²) >= 11 is 0. The molecule has 11 rings (SSSR count). The van der Waals surface area contributed by atoms with Crippen LogP contribution in [0, 0.1) is 0 Å². The Balaban J connectivity index is 1.19. The van der Waals surface area contributed by atoms with E-state index in [9.17, 15) is 0 Å². The maximum Gasteiger partial charge on any atom is 0.252 e. The minimum atomic E-state index is -0.142. The van der Waals surface area contributed by atoms with Crippen molar-refractivity contribution in [2.45, 2.75) is 71.6 Å². The Labute approximate surface area is 374 Å². The highest BCUT2D eigenvalue weighted by Gasteiger charge is 2.44. The third-order valence-corrected chi connectivity index (χ3v) is 13.9. The van der Waals surface area contributed by atoms with Crippen LogP contribution in [0.15, 0.2) is 182 Å². The molecule has 0 radical (unpaired) electrons. The molecule has 308 valence electrons. The molecule has 2 heterocycles. The molecule has 8 aromatic carbocycles. The number of rotatable bonds is 5. The van der Waals surface area contributed by atoms with Gasteiger partial charge in [0.25, 0.3) is 6.71 Å². The number of hydrogen-bond donors (Lipinski definition) is 0. The molecule has 0 aromatic heterocycles. The van der Waals surface area contributed by atoms with E-state index in [1.807, 2.05) is 0 Å². The summed E-state index contributed by atoms with van der Waals surface area (Å²) in [5.41, 5.74) is 22.5. The molecule has 0 atom stereocenters. The van der Waals surface area contributed by atoms with Gasteiger partial charge < -0.3 is 14.7 Å². The molecule has 3 nitrogen and oxygen atoms in total. The highest BCUT2D eigenvalue weighted by atomic mass is 15.2. The van der Waals surface area contributed by atoms with Crippen LogP contribution in [-0.2, 0) is 16.2 Å². The van der Waals surface area contributed by atoms with Crippen LogP contribution in [0.3, 0.4) is 0 Å². The quantitative estimate of drug-likeness (QED) is 0.160. The zero-order chi connectivity index (χ0) is 43.4. The van der Waals surface area contributed by atoms with Gasteiger partial charge in [-0.05, 0) is 139 Å². The molecular weight excluding hydrogens is 761 g/mol. The van der Waals surface area contributed by atoms with E-state index in [-0.39, 0.29) is 23.0 Å². The molecular formula is C59H54BN3. The minimum absolute atomic E-state index is 0.0101. The number of anilines is 9. The van der Waals surface area contributed by atoms with E-state index in [4.69, 9.17) is 0 Å². The number of fused-ring (bicyclic) bond motifs is 7. The van der Waals surface area contributed by atoms with Gasteiger partial charge in [-0.25, -0.2) is 0 Å². The first kappa shape index (κ1) is 39.1. The fourth-order valence-corrected chi connectivity index (χ4v) is 10.6. The first-order valence-corrected chi connectivity index (χ1v) is 22.6. The largest absolute Gasteiger partial charge is 0.311 e. The molecule has 0 spiro atoms. The van der Waals surface area contributed by atoms with Crippen LogP contribution in [0.5, 0.6) is 0 Å². The van der Waals surface area contributed by atoms with E-state index in [0.717, 1.165) is 17.1 Å². The Morgan fingerprint density at radius 1 is 0.413 bits per heavy atom. The molecule has 0 saturated heterocycles. The van der Waals surface area contributed by atoms with Crippen molar-refractivity contribution in [2.75, 3.05) is 14.7 Å². The molecule has 0 saturated carbocycles. The molecule has 0 N–H and O–H groups in total. The van der Waals surface area contributed by atoms with Crippen LogP contribution < -0.4 is 31.1 Å². The van der Waals surface area contributed by atoms with Crippen molar-refractivity contribution >= 4 is 74.3 Å². The maximum atomic E-state index is 2.57. The fourth-order valence-electron chi connectivity index (χ4n) is 10.6. The highest BCUT2D eigenvalue weighted by Crippen LogP contribution is 2.52. The molecule has 63 heavy (non-hydrogen) atoms. The lowest BCUT2D eigenvalue weighted by Crippen LogP contribution is -2.61. The lowest BCUT2D eigenvalue weighted by molar-refractivity contribution is 0.590. The monoisotopic (exact) mass is 815 g/mol. The van der Waals surface area contributed by atoms with Gasteiger partial charge in [-0.1, -0.05) is 159 Å². The summed E-state index contributed by atoms with van der Waals surface area (Å²) in [6, 6.07) is 68.4. The number of hydrogen-bond acceptors (Lipinski definition) is 3. The van der Waals surface area contributed by atoms with Crippen molar-refractivity contribution in [3.8, 4) is 11.1 Å². The zero-order valence-electron chi connectivity index (χ0n) is 37.7. The second-order valence-corrected chi connectivity index (χ2v) is 20.3. The molecule has 0 bridgehead atoms. The predicted molar refractivity (Wildman–Crippen MR) is 270 cm³/mol. The molecule has 8 aromatic rings. The van der Waals surface area contributed by atoms with Gasteiger partial charge in [-0.3, -0.25) is 0 Å². The van der Waals surface area contributed by atoms with E-state index in [2.05, 4.69) is 252 Å². The molecule has 0 fully saturated rings. The average molecular weight is 816 g/mol. The van der Waals surface area contributed by atoms with Crippen LogP contribution in [-0.4, -0.2) is 6.71 Å². The fraction of sp³-hybridized carbons (Fsp3) is 0.186. The van der Waals surface area contributed by atoms with Crippen LogP contribution in [0.2, 0.25) is 0 Å². The Kier molecular flexibility index (Phi) is 8.77. The van der Waals surface area contributed by atoms with Gasteiger partial charge in [-0.2, -0.15) is 0 Å². The standard InChI is InChI=1S/C59H54BN3/c1-57(2,3)39-26-29-43(30-27-39)62-52-35-28-40(58(4,5)6)36-51(52)60-50-34-32-45(61(41-18-11-9-12-19-41)42-20-13-10-14-21-42)38-55(50)63(54-25-17-24-53(62)56(54)60)44-31-33-47-46-22-15-16-23-48(46)59(7,8)49(47)37-44/h9-38H,1-8H3. The minimum Gasteiger partial charge on any atom is -0.311 e. The Morgan fingerprint density at radius 2 is 0.984 bits per heavy atom. The van der Waals surface area contributed by atoms with Crippen molar-refractivity contribution in [3.05, 3.63) is 204 Å². The van der Waals surface area contributed by atoms with Crippen molar-refractivity contribution in [1.29, 1.82) is 0 Å². The number of para-hydroxylation sites is 2. The van der Waals surface area contributed by atoms with Crippen LogP contribution >= 0.6 is 0 Å². The van der Waals surface area contributed by atoms with Gasteiger partial charge in [0.2, 0.25) is 0 Å². The van der Waals surface area contributed by atoms with Crippen molar-refractivity contribution in [1.82, 2.24) is 0 Å². The smallest absolute Gasteiger partial charge is 0.252 e. The van der Waals surface area contributed by atoms with E-state index in [1.165, 1.54) is 83.9 Å². The van der Waals surface area contributed by atoms with E-state index in [0.29, 0.717) is 0 Å². The molecule has 4 heteroatoms. The normalized spacial score (nSPS) is 14.4. The van der Waals surface area contributed by atoms with E-state index < -0.39 is 0 Å². The molecule has 2 aliphatic heterocycles. The van der Waals surface area contributed by atoms with Crippen molar-refractivity contribution in [2.24, 2.45) is 0 Å². The summed E-state index contributed by atoms with van der Waals surface area (Å²) < 4.78 is 0. The third-order valence-electron chi connectivity index (χ3n) is 13.9. The summed E-state index contributed by atoms with van der Waals surface area (Å²) in [6.07, 6.45) is 0. The Hall–Kier alpha value is -6.78. The highest BCUT2D eigenvalue weighted by molar-refractivity contribution is 7.00. The lowest BCUT2D eigenvalue weighted by Gasteiger charge is -2.45. The Morgan fingerprint density at radius 3 is 1.63 bits per heavy atom. The van der Waals surface area contributed by atoms with Crippen molar-refractivity contribution < 1.29 is 0 Å². The van der Waals surface area contributed by atoms with Gasteiger partial charge in [0, 0.05) is 56.6 Å². The lowest BCUT2D eigenvalue weighted by atomic mass is 9.33. The van der Waals surface area contributed by atoms with Crippen LogP contribution in [0.4, 0.5) is 51.2 Å². The summed E-state index contributed by atoms with van der Waals surface area (Å²) in [5.74, 6) is 0. The topological polar surface area (TPSA) is 9.72 Å². The predicted octanol–water partition coefficient (Wildman–Crippen LogP) is 14.1. The van der Waals surface area contributed by atoms with Crippen LogP contribution in [0.1, 0.15) is 77.6 Å². The van der Waals surface area contributed by atoms with Crippen molar-refractivity contribution in [3.63, 3.8) is 0 Å². The maximum absolute atomic E-state index is 2.57. The first-order chi connectivity index (χ1) is 30.3. The van der Waals surface area contributed by atoms with Gasteiger partial charge >= 0.3 is 0 Å². The molecule has 1 aliphatic carbocycles. The summed E-state index contributed by atoms with van der Waals surface area (Å²) in [5, 5.41) is 0. The first-order valence-electron chi connectivity index (χ1n) is 22.6. The van der Waals surface area contributed by atoms with Gasteiger partial charge in [0.15, 0.2) is 0 Å². The zero-order valence-corrected chi connectivity index (χ0v) is 37.7. The Bertz CT molecular complexity index is 3020. The molecule has 0 amide bonds. The number of benzene rings is 8. The second-order valence-electron chi connectivity index (χ2n) is 20.3. The van der Waals surface area contributed by atoms with Gasteiger partial charge in [0.05, 0.1) is 0 Å². The number of nitrogens with zero attached hydrogens (tertiary/aromatic N) is 3. The summed E-state index contributed by atoms with van der Waals surface area (Å²) in [6.45, 7) is 18.6. The molecule has 3 aliphatic rings. The molecule has 0 unspecified atom stereocenters. The van der Waals surface area contributed by atoms with Gasteiger partial charge in [-0.15, -0.1) is 0 Å². The summed E-state index contributed by atoms with van der Waals surface area (Å²) in [7, 11) is 0. The average Bonchev–Trinajstić information content (AvgIpc) is 3.51. The van der Waals surface area contributed by atoms with Gasteiger partial charge in [0.1, 0.15) is 0 Å². The SMILES string of the molecule is CC(C)(C)c1ccc(N2c3ccc(C(C)(C)C)cc3B3c4ccc(N(c5ccccc5)c5ccccc5)cc4N(c4ccc5c(c4)C(C)(C)c4ccccc4-5)c4cccc2c43)cc1. The summed E-state index contributed by atoms with van der Waals surface area (Å²) in [4.78, 5) is 7.49. The van der Waals surface area contributed by atoms with E-state index in [1.54, 1.807) is 0 Å². The van der Waals surface area contributed by atoms with E-state index >= 15 is 0 Å².